The third-order valence-electron chi connectivity index (χ3n) is 9.74. The molecule has 6 atom stereocenters. The van der Waals surface area contributed by atoms with Crippen molar-refractivity contribution in [1.82, 2.24) is 4.90 Å². The van der Waals surface area contributed by atoms with Crippen molar-refractivity contribution in [1.29, 1.82) is 0 Å². The molecule has 0 aliphatic carbocycles. The van der Waals surface area contributed by atoms with E-state index < -0.39 is 33.4 Å². The molecule has 8 nitrogen and oxygen atoms in total. The predicted molar refractivity (Wildman–Crippen MR) is 174 cm³/mol. The van der Waals surface area contributed by atoms with Crippen molar-refractivity contribution in [3.05, 3.63) is 77.9 Å². The van der Waals surface area contributed by atoms with Gasteiger partial charge in [0.05, 0.1) is 35.8 Å². The Morgan fingerprint density at radius 3 is 2.20 bits per heavy atom. The topological polar surface area (TPSA) is 90.4 Å². The Hall–Kier alpha value is -3.56. The molecule has 3 amide bonds. The monoisotopic (exact) mass is 615 g/mol. The maximum atomic E-state index is 14.9. The summed E-state index contributed by atoms with van der Waals surface area (Å²) in [5.41, 5.74) is 3.52. The van der Waals surface area contributed by atoms with Crippen molar-refractivity contribution in [3.8, 4) is 5.75 Å². The lowest BCUT2D eigenvalue weighted by atomic mass is 9.74. The van der Waals surface area contributed by atoms with Gasteiger partial charge in [-0.05, 0) is 69.5 Å². The van der Waals surface area contributed by atoms with Gasteiger partial charge >= 0.3 is 0 Å². The highest BCUT2D eigenvalue weighted by Gasteiger charge is 2.74. The summed E-state index contributed by atoms with van der Waals surface area (Å²) >= 11 is 1.56. The highest BCUT2D eigenvalue weighted by atomic mass is 32.2. The van der Waals surface area contributed by atoms with Crippen molar-refractivity contribution < 1.29 is 24.2 Å². The number of nitrogens with zero attached hydrogens (tertiary/aromatic N) is 3. The Morgan fingerprint density at radius 1 is 0.909 bits per heavy atom. The normalized spacial score (nSPS) is 30.2. The van der Waals surface area contributed by atoms with E-state index in [-0.39, 0.29) is 24.3 Å². The maximum Gasteiger partial charge on any atom is 0.251 e. The van der Waals surface area contributed by atoms with Crippen LogP contribution < -0.4 is 14.5 Å². The van der Waals surface area contributed by atoms with Gasteiger partial charge in [-0.15, -0.1) is 11.8 Å². The minimum absolute atomic E-state index is 0.140. The number of para-hydroxylation sites is 1. The number of thioether (sulfide) groups is 1. The second-order valence-corrected chi connectivity index (χ2v) is 14.1. The lowest BCUT2D eigenvalue weighted by Crippen LogP contribution is -2.57. The van der Waals surface area contributed by atoms with Gasteiger partial charge in [-0.3, -0.25) is 14.4 Å². The Kier molecular flexibility index (Phi) is 7.91. The summed E-state index contributed by atoms with van der Waals surface area (Å²) < 4.78 is 3.91. The summed E-state index contributed by atoms with van der Waals surface area (Å²) in [4.78, 5) is 49.4. The maximum absolute atomic E-state index is 14.9. The number of carbonyl (C=O) groups excluding carboxylic acids is 3. The molecule has 2 saturated heterocycles. The van der Waals surface area contributed by atoms with Crippen LogP contribution in [0.3, 0.4) is 0 Å². The van der Waals surface area contributed by atoms with Gasteiger partial charge in [0, 0.05) is 29.2 Å². The lowest BCUT2D eigenvalue weighted by Gasteiger charge is -2.40. The molecule has 1 unspecified atom stereocenters. The van der Waals surface area contributed by atoms with Crippen LogP contribution >= 0.6 is 11.8 Å². The van der Waals surface area contributed by atoms with Crippen LogP contribution in [0.4, 0.5) is 11.4 Å². The zero-order chi connectivity index (χ0) is 31.4. The molecule has 1 spiro atoms. The molecule has 1 N–H and O–H groups in total. The molecule has 0 saturated carbocycles. The molecule has 0 radical (unpaired) electrons. The number of amides is 3. The van der Waals surface area contributed by atoms with E-state index in [9.17, 15) is 19.5 Å². The van der Waals surface area contributed by atoms with E-state index in [1.54, 1.807) is 26.5 Å². The van der Waals surface area contributed by atoms with Crippen LogP contribution in [0.2, 0.25) is 0 Å². The predicted octanol–water partition coefficient (Wildman–Crippen LogP) is 4.67. The number of anilines is 2. The van der Waals surface area contributed by atoms with Gasteiger partial charge in [-0.25, -0.2) is 0 Å². The number of aryl methyl sites for hydroxylation is 2. The molecule has 4 aliphatic heterocycles. The fraction of sp³-hybridized carbons (Fsp3) is 0.457. The number of hydrogen-bond donors (Lipinski definition) is 1. The lowest BCUT2D eigenvalue weighted by molar-refractivity contribution is -0.142. The molecule has 4 aliphatic rings. The second kappa shape index (κ2) is 11.4. The Bertz CT molecular complexity index is 1520. The number of fused-ring (bicyclic) bond motifs is 2. The fourth-order valence-corrected chi connectivity index (χ4v) is 9.97. The molecular weight excluding hydrogens is 574 g/mol. The first kappa shape index (κ1) is 30.5. The molecule has 9 heteroatoms. The van der Waals surface area contributed by atoms with Crippen molar-refractivity contribution in [2.24, 2.45) is 11.8 Å². The summed E-state index contributed by atoms with van der Waals surface area (Å²) in [7, 11) is 0. The van der Waals surface area contributed by atoms with Gasteiger partial charge in [0.2, 0.25) is 11.8 Å². The molecule has 2 aromatic carbocycles. The second-order valence-electron chi connectivity index (χ2n) is 12.4. The van der Waals surface area contributed by atoms with Crippen molar-refractivity contribution in [2.75, 3.05) is 36.1 Å². The molecule has 2 fully saturated rings. The van der Waals surface area contributed by atoms with Crippen LogP contribution in [-0.4, -0.2) is 75.6 Å². The number of ether oxygens (including phenoxy) is 1. The van der Waals surface area contributed by atoms with E-state index in [1.807, 2.05) is 95.3 Å². The molecule has 2 aromatic rings. The summed E-state index contributed by atoms with van der Waals surface area (Å²) in [6, 6.07) is 12.0. The van der Waals surface area contributed by atoms with Crippen molar-refractivity contribution in [3.63, 3.8) is 0 Å². The van der Waals surface area contributed by atoms with Crippen molar-refractivity contribution >= 4 is 40.9 Å². The number of carbonyl (C=O) groups is 3. The van der Waals surface area contributed by atoms with Crippen LogP contribution in [0.15, 0.2) is 66.8 Å². The molecule has 232 valence electrons. The Labute approximate surface area is 263 Å². The van der Waals surface area contributed by atoms with E-state index in [1.165, 1.54) is 0 Å². The van der Waals surface area contributed by atoms with Crippen LogP contribution in [0.1, 0.15) is 38.3 Å². The van der Waals surface area contributed by atoms with E-state index in [0.29, 0.717) is 26.1 Å². The van der Waals surface area contributed by atoms with Gasteiger partial charge in [0.25, 0.3) is 5.91 Å². The number of benzene rings is 2. The number of likely N-dealkylation sites (tertiary alicyclic amines) is 1. The minimum Gasteiger partial charge on any atom is -0.494 e. The van der Waals surface area contributed by atoms with E-state index in [2.05, 4.69) is 6.08 Å². The van der Waals surface area contributed by atoms with Gasteiger partial charge in [-0.2, -0.15) is 0 Å². The molecule has 6 rings (SSSR count). The summed E-state index contributed by atoms with van der Waals surface area (Å²) in [6.07, 6.45) is 8.58. The zero-order valence-electron chi connectivity index (χ0n) is 26.0. The van der Waals surface area contributed by atoms with Gasteiger partial charge in [-0.1, -0.05) is 49.4 Å². The highest BCUT2D eigenvalue weighted by Crippen LogP contribution is 2.66. The molecule has 0 aromatic heterocycles. The minimum atomic E-state index is -0.983. The van der Waals surface area contributed by atoms with Gasteiger partial charge < -0.3 is 24.5 Å². The third kappa shape index (κ3) is 4.50. The molecular formula is C35H41N3O5S. The fourth-order valence-electron chi connectivity index (χ4n) is 7.82. The van der Waals surface area contributed by atoms with E-state index in [0.717, 1.165) is 28.3 Å². The van der Waals surface area contributed by atoms with E-state index in [4.69, 9.17) is 4.74 Å². The van der Waals surface area contributed by atoms with Crippen LogP contribution in [0, 0.1) is 25.7 Å². The molecule has 4 heterocycles. The first-order chi connectivity index (χ1) is 21.1. The van der Waals surface area contributed by atoms with Crippen LogP contribution in [-0.2, 0) is 14.4 Å². The summed E-state index contributed by atoms with van der Waals surface area (Å²) in [6.45, 7) is 10.9. The number of aliphatic hydroxyl groups excluding tert-OH is 1. The summed E-state index contributed by atoms with van der Waals surface area (Å²) in [5.74, 6) is -1.32. The number of aliphatic hydroxyl groups is 1. The Morgan fingerprint density at radius 2 is 1.57 bits per heavy atom. The molecule has 44 heavy (non-hydrogen) atoms. The zero-order valence-corrected chi connectivity index (χ0v) is 26.8. The smallest absolute Gasteiger partial charge is 0.251 e. The van der Waals surface area contributed by atoms with Gasteiger partial charge in [0.15, 0.2) is 0 Å². The quantitative estimate of drug-likeness (QED) is 0.456. The largest absolute Gasteiger partial charge is 0.494 e. The molecule has 0 bridgehead atoms. The standard InChI is InChI=1S/C35H41N3O5S/c1-6-24(21-39)38-30-33(42)37(29-22(3)11-8-12-23(29)4)20-10-18-35(30)28(32(38)41)27-31(40)36(19-9-17-34(27,5)44-35)25-13-15-26(16-14-25)43-7-2/h8-18,24,27-28,30,39H,6-7,19-21H2,1-5H3/t24-,27-,28-,30?,34+,35-/m0/s1. The van der Waals surface area contributed by atoms with Gasteiger partial charge in [0.1, 0.15) is 11.8 Å². The SMILES string of the molecule is CCOc1ccc(N2CC=C[C@@]3(C)S[C@]45C=CCN(c6c(C)cccc6C)C(=O)C4N([C@@H](CC)CO)C(=O)[C@@H]5[C@H]3C2=O)cc1. The average molecular weight is 616 g/mol. The Balaban J connectivity index is 1.47. The summed E-state index contributed by atoms with van der Waals surface area (Å²) in [5, 5.41) is 10.5. The highest BCUT2D eigenvalue weighted by molar-refractivity contribution is 8.02. The average Bonchev–Trinajstić information content (AvgIpc) is 3.27. The van der Waals surface area contributed by atoms with E-state index >= 15 is 0 Å². The first-order valence-electron chi connectivity index (χ1n) is 15.5. The third-order valence-corrected chi connectivity index (χ3v) is 11.5. The number of hydrogen-bond acceptors (Lipinski definition) is 6. The van der Waals surface area contributed by atoms with Crippen molar-refractivity contribution in [2.45, 2.75) is 62.6 Å². The van der Waals surface area contributed by atoms with Crippen LogP contribution in [0.25, 0.3) is 0 Å². The number of rotatable bonds is 7. The first-order valence-corrected chi connectivity index (χ1v) is 16.3. The van der Waals surface area contributed by atoms with Crippen LogP contribution in [0.5, 0.6) is 5.75 Å².